The van der Waals surface area contributed by atoms with Crippen molar-refractivity contribution in [2.24, 2.45) is 5.92 Å². The fourth-order valence-electron chi connectivity index (χ4n) is 3.52. The van der Waals surface area contributed by atoms with Gasteiger partial charge in [-0.2, -0.15) is 0 Å². The molecule has 0 saturated heterocycles. The normalized spacial score (nSPS) is 13.2. The molecule has 0 saturated carbocycles. The van der Waals surface area contributed by atoms with Crippen LogP contribution in [0.3, 0.4) is 0 Å². The van der Waals surface area contributed by atoms with Crippen LogP contribution in [-0.4, -0.2) is 77.1 Å². The van der Waals surface area contributed by atoms with Crippen LogP contribution in [-0.2, 0) is 30.2 Å². The summed E-state index contributed by atoms with van der Waals surface area (Å²) >= 11 is 0. The van der Waals surface area contributed by atoms with Gasteiger partial charge in [-0.15, -0.1) is 0 Å². The quantitative estimate of drug-likeness (QED) is 0.246. The van der Waals surface area contributed by atoms with Crippen LogP contribution in [0.25, 0.3) is 11.0 Å². The van der Waals surface area contributed by atoms with E-state index < -0.39 is 24.0 Å². The first kappa shape index (κ1) is 27.7. The number of H-pyrrole nitrogens is 1. The van der Waals surface area contributed by atoms with E-state index in [4.69, 9.17) is 14.2 Å². The zero-order chi connectivity index (χ0) is 24.9. The smallest absolute Gasteiger partial charge is 0.328 e. The van der Waals surface area contributed by atoms with Gasteiger partial charge in [0, 0.05) is 12.8 Å². The van der Waals surface area contributed by atoms with E-state index in [0.717, 1.165) is 22.6 Å². The molecular weight excluding hydrogens is 440 g/mol. The third-order valence-electron chi connectivity index (χ3n) is 5.11. The first-order valence-corrected chi connectivity index (χ1v) is 11.9. The number of esters is 1. The number of aryl methyl sites for hydroxylation is 2. The number of hydrogen-bond acceptors (Lipinski definition) is 8. The van der Waals surface area contributed by atoms with E-state index in [9.17, 15) is 14.7 Å². The Balaban J connectivity index is 1.78. The van der Waals surface area contributed by atoms with Crippen LogP contribution < -0.4 is 5.32 Å². The Hall–Kier alpha value is -2.56. The average Bonchev–Trinajstić information content (AvgIpc) is 3.16. The van der Waals surface area contributed by atoms with Crippen LogP contribution in [0.5, 0.6) is 0 Å². The highest BCUT2D eigenvalue weighted by Gasteiger charge is 2.24. The SMILES string of the molecule is CCOCCOCCOC(=O)[C@H](CC(C)C)NC(=O)CC(O)CCc1nccc2[nH]c(C)nc12. The van der Waals surface area contributed by atoms with Gasteiger partial charge in [0.2, 0.25) is 5.91 Å². The number of nitrogens with one attached hydrogen (secondary N) is 2. The summed E-state index contributed by atoms with van der Waals surface area (Å²) < 4.78 is 15.8. The van der Waals surface area contributed by atoms with Crippen LogP contribution in [0.2, 0.25) is 0 Å². The van der Waals surface area contributed by atoms with Crippen LogP contribution in [0, 0.1) is 12.8 Å². The third kappa shape index (κ3) is 9.74. The molecule has 0 spiro atoms. The van der Waals surface area contributed by atoms with Crippen molar-refractivity contribution in [3.05, 3.63) is 23.8 Å². The first-order valence-electron chi connectivity index (χ1n) is 11.9. The Morgan fingerprint density at radius 2 is 1.91 bits per heavy atom. The molecule has 10 heteroatoms. The fraction of sp³-hybridized carbons (Fsp3) is 0.667. The molecule has 0 fully saturated rings. The maximum atomic E-state index is 12.5. The molecule has 1 amide bonds. The first-order chi connectivity index (χ1) is 16.3. The zero-order valence-corrected chi connectivity index (χ0v) is 20.6. The summed E-state index contributed by atoms with van der Waals surface area (Å²) in [6.07, 6.45) is 1.99. The molecule has 2 heterocycles. The molecule has 2 aromatic rings. The van der Waals surface area contributed by atoms with E-state index in [0.29, 0.717) is 39.1 Å². The highest BCUT2D eigenvalue weighted by Crippen LogP contribution is 2.16. The van der Waals surface area contributed by atoms with Gasteiger partial charge >= 0.3 is 5.97 Å². The topological polar surface area (TPSA) is 136 Å². The number of pyridine rings is 1. The molecule has 0 radical (unpaired) electrons. The van der Waals surface area contributed by atoms with Crippen LogP contribution in [0.1, 0.15) is 51.6 Å². The Labute approximate surface area is 200 Å². The highest BCUT2D eigenvalue weighted by atomic mass is 16.6. The second kappa shape index (κ2) is 14.6. The lowest BCUT2D eigenvalue weighted by atomic mass is 10.0. The van der Waals surface area contributed by atoms with Gasteiger partial charge in [-0.05, 0) is 45.1 Å². The van der Waals surface area contributed by atoms with E-state index in [1.807, 2.05) is 33.8 Å². The number of carbonyl (C=O) groups is 2. The minimum absolute atomic E-state index is 0.100. The Bertz CT molecular complexity index is 901. The van der Waals surface area contributed by atoms with Gasteiger partial charge in [0.1, 0.15) is 24.0 Å². The zero-order valence-electron chi connectivity index (χ0n) is 20.6. The van der Waals surface area contributed by atoms with Crippen molar-refractivity contribution in [2.75, 3.05) is 33.0 Å². The number of amides is 1. The van der Waals surface area contributed by atoms with Crippen LogP contribution in [0.15, 0.2) is 12.3 Å². The molecule has 0 aliphatic carbocycles. The number of ether oxygens (including phenoxy) is 3. The number of fused-ring (bicyclic) bond motifs is 1. The fourth-order valence-corrected chi connectivity index (χ4v) is 3.52. The number of rotatable bonds is 16. The standard InChI is InChI=1S/C24H38N4O6/c1-5-32-10-11-33-12-13-34-24(31)21(14-16(2)3)28-22(30)15-18(29)6-7-19-23-20(8-9-25-19)26-17(4)27-23/h8-9,16,18,21,29H,5-7,10-15H2,1-4H3,(H,26,27)(H,28,30)/t18?,21-/m0/s1. The number of nitrogens with zero attached hydrogens (tertiary/aromatic N) is 2. The summed E-state index contributed by atoms with van der Waals surface area (Å²) in [5.74, 6) is 0.0676. The molecule has 34 heavy (non-hydrogen) atoms. The second-order valence-corrected chi connectivity index (χ2v) is 8.60. The minimum atomic E-state index is -0.869. The number of aliphatic hydroxyl groups is 1. The van der Waals surface area contributed by atoms with E-state index >= 15 is 0 Å². The summed E-state index contributed by atoms with van der Waals surface area (Å²) in [5.41, 5.74) is 2.44. The van der Waals surface area contributed by atoms with E-state index in [2.05, 4.69) is 20.3 Å². The highest BCUT2D eigenvalue weighted by molar-refractivity contribution is 5.84. The lowest BCUT2D eigenvalue weighted by Gasteiger charge is -2.20. The van der Waals surface area contributed by atoms with Crippen molar-refractivity contribution in [3.8, 4) is 0 Å². The summed E-state index contributed by atoms with van der Waals surface area (Å²) in [4.78, 5) is 36.9. The maximum Gasteiger partial charge on any atom is 0.328 e. The molecule has 0 aliphatic rings. The third-order valence-corrected chi connectivity index (χ3v) is 5.11. The lowest BCUT2D eigenvalue weighted by Crippen LogP contribution is -2.44. The molecule has 190 valence electrons. The van der Waals surface area contributed by atoms with Gasteiger partial charge < -0.3 is 29.6 Å². The Morgan fingerprint density at radius 1 is 1.18 bits per heavy atom. The van der Waals surface area contributed by atoms with Gasteiger partial charge in [0.15, 0.2) is 0 Å². The van der Waals surface area contributed by atoms with Crippen molar-refractivity contribution in [1.29, 1.82) is 0 Å². The van der Waals surface area contributed by atoms with Crippen molar-refractivity contribution >= 4 is 22.9 Å². The maximum absolute atomic E-state index is 12.5. The van der Waals surface area contributed by atoms with E-state index in [-0.39, 0.29) is 25.6 Å². The minimum Gasteiger partial charge on any atom is -0.462 e. The van der Waals surface area contributed by atoms with Crippen LogP contribution in [0.4, 0.5) is 0 Å². The molecule has 2 rings (SSSR count). The summed E-state index contributed by atoms with van der Waals surface area (Å²) in [7, 11) is 0. The largest absolute Gasteiger partial charge is 0.462 e. The summed E-state index contributed by atoms with van der Waals surface area (Å²) in [6, 6.07) is 1.08. The monoisotopic (exact) mass is 478 g/mol. The molecule has 0 aliphatic heterocycles. The van der Waals surface area contributed by atoms with Gasteiger partial charge in [0.05, 0.1) is 43.6 Å². The number of carbonyl (C=O) groups excluding carboxylic acids is 2. The number of aromatic nitrogens is 3. The molecule has 0 aromatic carbocycles. The molecule has 2 atom stereocenters. The van der Waals surface area contributed by atoms with E-state index in [1.54, 1.807) is 6.20 Å². The van der Waals surface area contributed by atoms with Crippen molar-refractivity contribution in [2.45, 2.75) is 65.5 Å². The van der Waals surface area contributed by atoms with Crippen molar-refractivity contribution in [3.63, 3.8) is 0 Å². The molecular formula is C24H38N4O6. The summed E-state index contributed by atoms with van der Waals surface area (Å²) in [6.45, 7) is 9.61. The van der Waals surface area contributed by atoms with E-state index in [1.165, 1.54) is 0 Å². The van der Waals surface area contributed by atoms with Crippen molar-refractivity contribution < 1.29 is 28.9 Å². The van der Waals surface area contributed by atoms with Crippen molar-refractivity contribution in [1.82, 2.24) is 20.3 Å². The Morgan fingerprint density at radius 3 is 2.65 bits per heavy atom. The molecule has 10 nitrogen and oxygen atoms in total. The number of imidazole rings is 1. The molecule has 2 aromatic heterocycles. The molecule has 1 unspecified atom stereocenters. The lowest BCUT2D eigenvalue weighted by molar-refractivity contribution is -0.150. The predicted octanol–water partition coefficient (Wildman–Crippen LogP) is 2.08. The second-order valence-electron chi connectivity index (χ2n) is 8.60. The number of hydrogen-bond donors (Lipinski definition) is 3. The Kier molecular flexibility index (Phi) is 11.9. The van der Waals surface area contributed by atoms with Gasteiger partial charge in [-0.25, -0.2) is 9.78 Å². The van der Waals surface area contributed by atoms with Gasteiger partial charge in [-0.1, -0.05) is 13.8 Å². The number of aromatic amines is 1. The molecule has 0 bridgehead atoms. The van der Waals surface area contributed by atoms with Crippen LogP contribution >= 0.6 is 0 Å². The van der Waals surface area contributed by atoms with Gasteiger partial charge in [-0.3, -0.25) is 9.78 Å². The average molecular weight is 479 g/mol. The summed E-state index contributed by atoms with van der Waals surface area (Å²) in [5, 5.41) is 13.1. The number of aliphatic hydroxyl groups excluding tert-OH is 1. The predicted molar refractivity (Wildman–Crippen MR) is 127 cm³/mol. The molecule has 3 N–H and O–H groups in total. The van der Waals surface area contributed by atoms with Gasteiger partial charge in [0.25, 0.3) is 0 Å².